The summed E-state index contributed by atoms with van der Waals surface area (Å²) < 4.78 is 5.43. The molecule has 2 heteroatoms. The molecule has 0 aliphatic heterocycles. The van der Waals surface area contributed by atoms with Gasteiger partial charge in [-0.05, 0) is 0 Å². The molecule has 146 valence electrons. The van der Waals surface area contributed by atoms with Crippen LogP contribution in [-0.2, 0) is 6.42 Å². The summed E-state index contributed by atoms with van der Waals surface area (Å²) in [5.41, 5.74) is 2.21. The van der Waals surface area contributed by atoms with Crippen LogP contribution < -0.4 is 14.3 Å². The molecule has 1 nitrogen and oxygen atoms in total. The van der Waals surface area contributed by atoms with Crippen LogP contribution in [0.4, 0.5) is 0 Å². The van der Waals surface area contributed by atoms with Crippen molar-refractivity contribution in [2.24, 2.45) is 5.92 Å². The molecule has 0 amide bonds. The summed E-state index contributed by atoms with van der Waals surface area (Å²) in [7, 11) is 0. The molecular weight excluding hydrogens is 471 g/mol. The van der Waals surface area contributed by atoms with E-state index < -0.39 is 18.4 Å². The normalized spacial score (nSPS) is 15.8. The van der Waals surface area contributed by atoms with Crippen LogP contribution in [-0.4, -0.2) is 24.2 Å². The van der Waals surface area contributed by atoms with Crippen molar-refractivity contribution < 1.29 is 4.79 Å². The second-order valence-electron chi connectivity index (χ2n) is 8.16. The number of carbonyl (C=O) groups excluding carboxylic acids is 1. The molecule has 0 spiro atoms. The zero-order valence-corrected chi connectivity index (χ0v) is 19.9. The van der Waals surface area contributed by atoms with Gasteiger partial charge in [0.05, 0.1) is 0 Å². The minimum atomic E-state index is -3.72. The average Bonchev–Trinajstić information content (AvgIpc) is 3.11. The van der Waals surface area contributed by atoms with Crippen molar-refractivity contribution >= 4 is 38.5 Å². The van der Waals surface area contributed by atoms with Crippen LogP contribution in [0.3, 0.4) is 0 Å². The summed E-state index contributed by atoms with van der Waals surface area (Å²) in [6, 6.07) is 39.3. The van der Waals surface area contributed by atoms with E-state index in [4.69, 9.17) is 0 Å². The molecular formula is C28H24OSn. The van der Waals surface area contributed by atoms with Crippen LogP contribution in [0.15, 0.2) is 109 Å². The Morgan fingerprint density at radius 2 is 1.10 bits per heavy atom. The number of hydrogen-bond donors (Lipinski definition) is 0. The Morgan fingerprint density at radius 3 is 1.57 bits per heavy atom. The average molecular weight is 495 g/mol. The molecule has 4 aromatic rings. The molecule has 0 heterocycles. The van der Waals surface area contributed by atoms with Crippen LogP contribution in [0.2, 0.25) is 0 Å². The molecule has 0 saturated carbocycles. The number of rotatable bonds is 4. The molecule has 4 aromatic carbocycles. The summed E-state index contributed by atoms with van der Waals surface area (Å²) in [6.07, 6.45) is 0.850. The van der Waals surface area contributed by atoms with Crippen molar-refractivity contribution in [3.05, 3.63) is 120 Å². The maximum atomic E-state index is 13.4. The first-order chi connectivity index (χ1) is 14.7. The van der Waals surface area contributed by atoms with E-state index in [9.17, 15) is 4.79 Å². The van der Waals surface area contributed by atoms with Crippen molar-refractivity contribution in [2.75, 3.05) is 0 Å². The minimum absolute atomic E-state index is 0.0625. The van der Waals surface area contributed by atoms with Crippen LogP contribution in [0.25, 0.3) is 0 Å². The van der Waals surface area contributed by atoms with Gasteiger partial charge in [0.25, 0.3) is 0 Å². The Hall–Kier alpha value is -2.65. The Bertz CT molecular complexity index is 1090. The van der Waals surface area contributed by atoms with Crippen LogP contribution in [0, 0.1) is 5.92 Å². The third-order valence-electron chi connectivity index (χ3n) is 6.40. The van der Waals surface area contributed by atoms with Crippen molar-refractivity contribution in [1.29, 1.82) is 0 Å². The number of carbonyl (C=O) groups is 1. The fourth-order valence-electron chi connectivity index (χ4n) is 5.07. The fourth-order valence-corrected chi connectivity index (χ4v) is 19.4. The number of hydrogen-bond acceptors (Lipinski definition) is 1. The Morgan fingerprint density at radius 1 is 0.633 bits per heavy atom. The molecule has 0 bridgehead atoms. The summed E-state index contributed by atoms with van der Waals surface area (Å²) in [6.45, 7) is 2.07. The standard InChI is InChI=1S/C10H9O.3C6H5.Sn/c1-7-6-8-4-2-3-5-9(8)10(7)11;3*1-2-4-6-5-3-1;/h2-4,7H,6H2,1H3;3*1-5H;. The predicted octanol–water partition coefficient (Wildman–Crippen LogP) is 3.44. The quantitative estimate of drug-likeness (QED) is 0.397. The van der Waals surface area contributed by atoms with Gasteiger partial charge < -0.3 is 0 Å². The van der Waals surface area contributed by atoms with E-state index in [1.165, 1.54) is 19.9 Å². The van der Waals surface area contributed by atoms with E-state index in [1.54, 1.807) is 0 Å². The van der Waals surface area contributed by atoms with Crippen molar-refractivity contribution in [2.45, 2.75) is 13.3 Å². The van der Waals surface area contributed by atoms with E-state index in [1.807, 2.05) is 0 Å². The Balaban J connectivity index is 1.95. The fraction of sp³-hybridized carbons (Fsp3) is 0.107. The molecule has 0 aromatic heterocycles. The first-order valence-corrected chi connectivity index (χ1v) is 16.3. The summed E-state index contributed by atoms with van der Waals surface area (Å²) >= 11 is -3.72. The molecule has 1 aliphatic carbocycles. The van der Waals surface area contributed by atoms with Gasteiger partial charge in [-0.1, -0.05) is 0 Å². The van der Waals surface area contributed by atoms with Gasteiger partial charge in [-0.25, -0.2) is 0 Å². The number of benzene rings is 4. The van der Waals surface area contributed by atoms with Gasteiger partial charge in [0.2, 0.25) is 0 Å². The second kappa shape index (κ2) is 7.88. The maximum absolute atomic E-state index is 13.4. The molecule has 0 fully saturated rings. The summed E-state index contributed by atoms with van der Waals surface area (Å²) in [4.78, 5) is 13.4. The summed E-state index contributed by atoms with van der Waals surface area (Å²) in [5, 5.41) is 0. The first-order valence-electron chi connectivity index (χ1n) is 10.6. The monoisotopic (exact) mass is 496 g/mol. The van der Waals surface area contributed by atoms with E-state index >= 15 is 0 Å². The van der Waals surface area contributed by atoms with Gasteiger partial charge in [-0.15, -0.1) is 0 Å². The van der Waals surface area contributed by atoms with Gasteiger partial charge >= 0.3 is 183 Å². The second-order valence-corrected chi connectivity index (χ2v) is 18.9. The van der Waals surface area contributed by atoms with Crippen LogP contribution >= 0.6 is 0 Å². The zero-order valence-electron chi connectivity index (χ0n) is 17.1. The zero-order chi connectivity index (χ0) is 20.6. The third-order valence-corrected chi connectivity index (χ3v) is 20.2. The summed E-state index contributed by atoms with van der Waals surface area (Å²) in [5.74, 6) is 0.372. The third kappa shape index (κ3) is 2.95. The number of fused-ring (bicyclic) bond motifs is 1. The molecule has 1 unspecified atom stereocenters. The van der Waals surface area contributed by atoms with E-state index in [-0.39, 0.29) is 5.92 Å². The topological polar surface area (TPSA) is 17.1 Å². The molecule has 5 rings (SSSR count). The Labute approximate surface area is 182 Å². The molecule has 1 aliphatic rings. The van der Waals surface area contributed by atoms with Crippen molar-refractivity contribution in [3.8, 4) is 0 Å². The number of Topliss-reactive ketones (excluding diaryl/α,β-unsaturated/α-hetero) is 1. The first kappa shape index (κ1) is 19.3. The molecule has 0 saturated heterocycles. The van der Waals surface area contributed by atoms with Gasteiger partial charge in [-0.2, -0.15) is 0 Å². The molecule has 30 heavy (non-hydrogen) atoms. The van der Waals surface area contributed by atoms with E-state index in [0.717, 1.165) is 12.0 Å². The van der Waals surface area contributed by atoms with Crippen molar-refractivity contribution in [1.82, 2.24) is 0 Å². The van der Waals surface area contributed by atoms with Gasteiger partial charge in [0, 0.05) is 0 Å². The van der Waals surface area contributed by atoms with E-state index in [0.29, 0.717) is 5.78 Å². The van der Waals surface area contributed by atoms with Gasteiger partial charge in [-0.3, -0.25) is 0 Å². The van der Waals surface area contributed by atoms with Crippen molar-refractivity contribution in [3.63, 3.8) is 0 Å². The SMILES string of the molecule is CC1Cc2ccc[c]([Sn]([c]3ccccc3)([c]3ccccc3)[c]3ccccc3)c2C1=O. The van der Waals surface area contributed by atoms with Gasteiger partial charge in [0.15, 0.2) is 0 Å². The van der Waals surface area contributed by atoms with Gasteiger partial charge in [0.1, 0.15) is 0 Å². The van der Waals surface area contributed by atoms with Crippen LogP contribution in [0.1, 0.15) is 22.8 Å². The molecule has 1 atom stereocenters. The molecule has 0 radical (unpaired) electrons. The van der Waals surface area contributed by atoms with E-state index in [2.05, 4.69) is 116 Å². The number of ketones is 1. The Kier molecular flexibility index (Phi) is 5.08. The van der Waals surface area contributed by atoms with Crippen LogP contribution in [0.5, 0.6) is 0 Å². The predicted molar refractivity (Wildman–Crippen MR) is 127 cm³/mol. The molecule has 0 N–H and O–H groups in total.